The van der Waals surface area contributed by atoms with Gasteiger partial charge in [-0.2, -0.15) is 0 Å². The van der Waals surface area contributed by atoms with Crippen LogP contribution in [0.25, 0.3) is 76.6 Å². The number of anilines is 3. The van der Waals surface area contributed by atoms with Gasteiger partial charge in [0.1, 0.15) is 5.82 Å². The van der Waals surface area contributed by atoms with Crippen LogP contribution in [0.15, 0.2) is 200 Å². The molecular formula is C52H36N2. The quantitative estimate of drug-likeness (QED) is 0.162. The average Bonchev–Trinajstić information content (AvgIpc) is 3.24. The third-order valence-electron chi connectivity index (χ3n) is 10.7. The van der Waals surface area contributed by atoms with Gasteiger partial charge in [0.2, 0.25) is 0 Å². The molecule has 54 heavy (non-hydrogen) atoms. The number of pyridine rings is 1. The minimum Gasteiger partial charge on any atom is -0.295 e. The minimum atomic E-state index is 0.879. The molecule has 0 saturated carbocycles. The molecule has 254 valence electrons. The molecule has 0 N–H and O–H groups in total. The number of fused-ring (bicyclic) bond motifs is 7. The van der Waals surface area contributed by atoms with Crippen molar-refractivity contribution < 1.29 is 0 Å². The number of benzene rings is 9. The fourth-order valence-corrected chi connectivity index (χ4v) is 8.16. The Balaban J connectivity index is 1.35. The molecule has 0 radical (unpaired) electrons. The van der Waals surface area contributed by atoms with Gasteiger partial charge < -0.3 is 0 Å². The van der Waals surface area contributed by atoms with E-state index in [0.29, 0.717) is 0 Å². The highest BCUT2D eigenvalue weighted by Crippen LogP contribution is 2.50. The SMILES string of the molecule is Cc1ccc(N(c2ccc3c(c2)c2ccccc2c2c(-c4ccccc4)cc(-c4ccccc4)c(-c4ccccc4)c32)c2ccc3ccccc3n2)cc1. The molecule has 0 unspecified atom stereocenters. The van der Waals surface area contributed by atoms with Crippen molar-refractivity contribution in [2.45, 2.75) is 6.92 Å². The van der Waals surface area contributed by atoms with Crippen molar-refractivity contribution in [3.05, 3.63) is 206 Å². The molecule has 2 nitrogen and oxygen atoms in total. The Morgan fingerprint density at radius 3 is 1.69 bits per heavy atom. The molecule has 10 rings (SSSR count). The number of hydrogen-bond donors (Lipinski definition) is 0. The van der Waals surface area contributed by atoms with Crippen molar-refractivity contribution in [3.63, 3.8) is 0 Å². The molecule has 1 heterocycles. The van der Waals surface area contributed by atoms with Gasteiger partial charge in [0.15, 0.2) is 0 Å². The van der Waals surface area contributed by atoms with E-state index in [1.807, 2.05) is 0 Å². The second-order valence-electron chi connectivity index (χ2n) is 14.0. The molecule has 0 atom stereocenters. The fourth-order valence-electron chi connectivity index (χ4n) is 8.16. The van der Waals surface area contributed by atoms with E-state index in [0.717, 1.165) is 28.1 Å². The summed E-state index contributed by atoms with van der Waals surface area (Å²) in [6.07, 6.45) is 0. The number of aromatic nitrogens is 1. The van der Waals surface area contributed by atoms with E-state index in [1.165, 1.54) is 71.3 Å². The maximum atomic E-state index is 5.21. The zero-order valence-electron chi connectivity index (χ0n) is 29.9. The maximum absolute atomic E-state index is 5.21. The van der Waals surface area contributed by atoms with Crippen LogP contribution >= 0.6 is 0 Å². The van der Waals surface area contributed by atoms with Crippen LogP contribution in [-0.2, 0) is 0 Å². The second kappa shape index (κ2) is 13.2. The lowest BCUT2D eigenvalue weighted by atomic mass is 9.81. The smallest absolute Gasteiger partial charge is 0.138 e. The standard InChI is InChI=1S/C52H36N2/c1-35-25-28-40(29-26-35)54(49-32-27-38-19-11-14-24-48(38)53-49)41-30-31-44-47(33-41)42-22-12-13-23-43(42)51-46(37-17-7-3-8-18-37)34-45(36-15-5-2-6-16-36)50(52(44)51)39-20-9-4-10-21-39/h2-34H,1H3. The van der Waals surface area contributed by atoms with Crippen LogP contribution in [-0.4, -0.2) is 4.98 Å². The first-order chi connectivity index (χ1) is 26.7. The van der Waals surface area contributed by atoms with Crippen molar-refractivity contribution in [1.82, 2.24) is 4.98 Å². The predicted molar refractivity (Wildman–Crippen MR) is 230 cm³/mol. The van der Waals surface area contributed by atoms with Crippen LogP contribution in [0, 0.1) is 6.92 Å². The molecule has 0 fully saturated rings. The maximum Gasteiger partial charge on any atom is 0.138 e. The topological polar surface area (TPSA) is 16.1 Å². The van der Waals surface area contributed by atoms with Crippen LogP contribution in [0.2, 0.25) is 0 Å². The molecule has 1 aromatic heterocycles. The lowest BCUT2D eigenvalue weighted by Crippen LogP contribution is -2.11. The zero-order valence-corrected chi connectivity index (χ0v) is 29.9. The van der Waals surface area contributed by atoms with Gasteiger partial charge in [0.25, 0.3) is 0 Å². The average molecular weight is 689 g/mol. The normalized spacial score (nSPS) is 11.4. The van der Waals surface area contributed by atoms with E-state index in [2.05, 4.69) is 212 Å². The highest BCUT2D eigenvalue weighted by Gasteiger charge is 2.23. The van der Waals surface area contributed by atoms with Crippen LogP contribution < -0.4 is 4.90 Å². The van der Waals surface area contributed by atoms with Gasteiger partial charge in [0.05, 0.1) is 5.52 Å². The van der Waals surface area contributed by atoms with Crippen molar-refractivity contribution in [1.29, 1.82) is 0 Å². The van der Waals surface area contributed by atoms with Gasteiger partial charge in [-0.3, -0.25) is 4.90 Å². The van der Waals surface area contributed by atoms with E-state index >= 15 is 0 Å². The fraction of sp³-hybridized carbons (Fsp3) is 0.0192. The molecule has 2 heteroatoms. The molecule has 0 saturated heterocycles. The highest BCUT2D eigenvalue weighted by atomic mass is 15.2. The summed E-state index contributed by atoms with van der Waals surface area (Å²) in [7, 11) is 0. The summed E-state index contributed by atoms with van der Waals surface area (Å²) < 4.78 is 0. The predicted octanol–water partition coefficient (Wildman–Crippen LogP) is 14.5. The van der Waals surface area contributed by atoms with Crippen LogP contribution in [0.4, 0.5) is 17.2 Å². The van der Waals surface area contributed by atoms with Crippen molar-refractivity contribution in [3.8, 4) is 33.4 Å². The Kier molecular flexibility index (Phi) is 7.74. The van der Waals surface area contributed by atoms with Crippen LogP contribution in [0.5, 0.6) is 0 Å². The zero-order chi connectivity index (χ0) is 36.0. The molecule has 0 amide bonds. The number of nitrogens with zero attached hydrogens (tertiary/aromatic N) is 2. The Morgan fingerprint density at radius 1 is 0.389 bits per heavy atom. The summed E-state index contributed by atoms with van der Waals surface area (Å²) in [5.74, 6) is 0.879. The third kappa shape index (κ3) is 5.39. The van der Waals surface area contributed by atoms with Crippen molar-refractivity contribution >= 4 is 60.4 Å². The largest absolute Gasteiger partial charge is 0.295 e. The molecule has 0 aliphatic rings. The summed E-state index contributed by atoms with van der Waals surface area (Å²) in [6, 6.07) is 72.4. The Labute approximate surface area is 315 Å². The van der Waals surface area contributed by atoms with Crippen LogP contribution in [0.1, 0.15) is 5.56 Å². The van der Waals surface area contributed by atoms with Gasteiger partial charge in [-0.15, -0.1) is 0 Å². The van der Waals surface area contributed by atoms with Gasteiger partial charge in [-0.25, -0.2) is 4.98 Å². The van der Waals surface area contributed by atoms with Gasteiger partial charge >= 0.3 is 0 Å². The summed E-state index contributed by atoms with van der Waals surface area (Å²) in [6.45, 7) is 2.13. The lowest BCUT2D eigenvalue weighted by molar-refractivity contribution is 1.21. The molecule has 0 bridgehead atoms. The molecule has 0 aliphatic heterocycles. The number of rotatable bonds is 6. The first kappa shape index (κ1) is 31.7. The highest BCUT2D eigenvalue weighted by molar-refractivity contribution is 6.33. The van der Waals surface area contributed by atoms with Gasteiger partial charge in [-0.05, 0) is 121 Å². The van der Waals surface area contributed by atoms with E-state index in [-0.39, 0.29) is 0 Å². The first-order valence-corrected chi connectivity index (χ1v) is 18.6. The Hall–Kier alpha value is -7.03. The van der Waals surface area contributed by atoms with Gasteiger partial charge in [0, 0.05) is 16.8 Å². The molecule has 9 aromatic carbocycles. The van der Waals surface area contributed by atoms with Crippen LogP contribution in [0.3, 0.4) is 0 Å². The molecule has 0 spiro atoms. The van der Waals surface area contributed by atoms with E-state index in [9.17, 15) is 0 Å². The summed E-state index contributed by atoms with van der Waals surface area (Å²) in [4.78, 5) is 7.50. The summed E-state index contributed by atoms with van der Waals surface area (Å²) >= 11 is 0. The third-order valence-corrected chi connectivity index (χ3v) is 10.7. The second-order valence-corrected chi connectivity index (χ2v) is 14.0. The Bertz CT molecular complexity index is 2970. The summed E-state index contributed by atoms with van der Waals surface area (Å²) in [5.41, 5.74) is 11.6. The number of para-hydroxylation sites is 1. The first-order valence-electron chi connectivity index (χ1n) is 18.6. The van der Waals surface area contributed by atoms with E-state index in [1.54, 1.807) is 0 Å². The van der Waals surface area contributed by atoms with Crippen molar-refractivity contribution in [2.24, 2.45) is 0 Å². The van der Waals surface area contributed by atoms with Crippen molar-refractivity contribution in [2.75, 3.05) is 4.90 Å². The molecule has 10 aromatic rings. The summed E-state index contributed by atoms with van der Waals surface area (Å²) in [5, 5.41) is 8.53. The molecular weight excluding hydrogens is 653 g/mol. The Morgan fingerprint density at radius 2 is 0.963 bits per heavy atom. The lowest BCUT2D eigenvalue weighted by Gasteiger charge is -2.26. The van der Waals surface area contributed by atoms with E-state index in [4.69, 9.17) is 4.98 Å². The molecule has 0 aliphatic carbocycles. The van der Waals surface area contributed by atoms with Gasteiger partial charge in [-0.1, -0.05) is 157 Å². The monoisotopic (exact) mass is 688 g/mol. The number of hydrogen-bond acceptors (Lipinski definition) is 2. The number of aryl methyl sites for hydroxylation is 1. The van der Waals surface area contributed by atoms with E-state index < -0.39 is 0 Å². The minimum absolute atomic E-state index is 0.879.